The van der Waals surface area contributed by atoms with Crippen molar-refractivity contribution in [3.63, 3.8) is 0 Å². The highest BCUT2D eigenvalue weighted by molar-refractivity contribution is 5.16. The van der Waals surface area contributed by atoms with Gasteiger partial charge in [0.1, 0.15) is 0 Å². The van der Waals surface area contributed by atoms with E-state index in [-0.39, 0.29) is 12.1 Å². The molecule has 0 saturated heterocycles. The van der Waals surface area contributed by atoms with E-state index < -0.39 is 0 Å². The Balaban J connectivity index is 1.71. The Hall–Kier alpha value is -0.0800. The van der Waals surface area contributed by atoms with Gasteiger partial charge in [0.25, 0.3) is 0 Å². The molecule has 0 aromatic heterocycles. The summed E-state index contributed by atoms with van der Waals surface area (Å²) < 4.78 is 0. The molecule has 2 heteroatoms. The normalized spacial score (nSPS) is 51.5. The first-order chi connectivity index (χ1) is 8.15. The van der Waals surface area contributed by atoms with Crippen molar-refractivity contribution in [2.24, 2.45) is 34.8 Å². The third-order valence-electron chi connectivity index (χ3n) is 6.59. The molecule has 5 aliphatic rings. The summed E-state index contributed by atoms with van der Waals surface area (Å²) in [6.07, 6.45) is 10.9. The number of aliphatic hydroxyl groups is 1. The predicted octanol–water partition coefficient (Wildman–Crippen LogP) is 2.30. The Morgan fingerprint density at radius 1 is 1.00 bits per heavy atom. The molecule has 1 atom stereocenters. The minimum atomic E-state index is -0.233. The lowest BCUT2D eigenvalue weighted by Crippen LogP contribution is -2.65. The van der Waals surface area contributed by atoms with Crippen LogP contribution in [0.5, 0.6) is 0 Å². The minimum Gasteiger partial charge on any atom is -0.394 e. The van der Waals surface area contributed by atoms with Gasteiger partial charge in [0.05, 0.1) is 6.61 Å². The maximum Gasteiger partial charge on any atom is 0.0619 e. The molecule has 3 N–H and O–H groups in total. The van der Waals surface area contributed by atoms with E-state index in [1.165, 1.54) is 51.4 Å². The van der Waals surface area contributed by atoms with Gasteiger partial charge in [0.15, 0.2) is 0 Å². The zero-order valence-electron chi connectivity index (χ0n) is 10.7. The van der Waals surface area contributed by atoms with Gasteiger partial charge in [-0.25, -0.2) is 0 Å². The third-order valence-corrected chi connectivity index (χ3v) is 6.59. The van der Waals surface area contributed by atoms with Gasteiger partial charge in [-0.2, -0.15) is 0 Å². The van der Waals surface area contributed by atoms with Crippen LogP contribution in [-0.2, 0) is 0 Å². The van der Waals surface area contributed by atoms with Crippen molar-refractivity contribution in [2.75, 3.05) is 6.61 Å². The van der Waals surface area contributed by atoms with Crippen molar-refractivity contribution in [1.29, 1.82) is 0 Å². The van der Waals surface area contributed by atoms with Crippen molar-refractivity contribution < 1.29 is 5.11 Å². The first kappa shape index (κ1) is 10.8. The zero-order valence-corrected chi connectivity index (χ0v) is 10.7. The van der Waals surface area contributed by atoms with E-state index in [1.807, 2.05) is 0 Å². The number of hydrogen-bond acceptors (Lipinski definition) is 2. The van der Waals surface area contributed by atoms with Crippen LogP contribution in [0.2, 0.25) is 0 Å². The maximum absolute atomic E-state index is 9.93. The molecule has 0 radical (unpaired) electrons. The number of aliphatic hydroxyl groups excluding tert-OH is 1. The third kappa shape index (κ3) is 1.34. The highest BCUT2D eigenvalue weighted by atomic mass is 16.3. The Labute approximate surface area is 104 Å². The summed E-state index contributed by atoms with van der Waals surface area (Å²) in [6.45, 7) is 0.226. The van der Waals surface area contributed by atoms with E-state index in [2.05, 4.69) is 0 Å². The minimum absolute atomic E-state index is 0.226. The molecule has 1 unspecified atom stereocenters. The molecular weight excluding hydrogens is 210 g/mol. The second-order valence-corrected chi connectivity index (χ2v) is 7.67. The molecule has 5 rings (SSSR count). The molecule has 0 spiro atoms. The molecule has 0 aliphatic heterocycles. The molecule has 0 amide bonds. The molecule has 5 fully saturated rings. The highest BCUT2D eigenvalue weighted by Gasteiger charge is 2.62. The summed E-state index contributed by atoms with van der Waals surface area (Å²) in [7, 11) is 0. The molecule has 96 valence electrons. The van der Waals surface area contributed by atoms with Crippen LogP contribution in [0.15, 0.2) is 0 Å². The summed E-state index contributed by atoms with van der Waals surface area (Å²) in [5.74, 6) is 3.45. The summed E-state index contributed by atoms with van der Waals surface area (Å²) in [6, 6.07) is 0. The van der Waals surface area contributed by atoms with Crippen molar-refractivity contribution >= 4 is 0 Å². The Kier molecular flexibility index (Phi) is 2.08. The van der Waals surface area contributed by atoms with E-state index in [9.17, 15) is 5.11 Å². The van der Waals surface area contributed by atoms with Crippen LogP contribution in [-0.4, -0.2) is 17.3 Å². The van der Waals surface area contributed by atoms with E-state index >= 15 is 0 Å². The smallest absolute Gasteiger partial charge is 0.0619 e. The quantitative estimate of drug-likeness (QED) is 0.788. The summed E-state index contributed by atoms with van der Waals surface area (Å²) in [5, 5.41) is 9.93. The van der Waals surface area contributed by atoms with Gasteiger partial charge < -0.3 is 10.8 Å². The standard InChI is InChI=1S/C15H25NO/c16-15(9-17,13-1-2-13)14-6-10-3-11(7-14)5-12(4-10)8-14/h10-13,17H,1-9,16H2. The summed E-state index contributed by atoms with van der Waals surface area (Å²) >= 11 is 0. The fourth-order valence-corrected chi connectivity index (χ4v) is 6.01. The fourth-order valence-electron chi connectivity index (χ4n) is 6.01. The second-order valence-electron chi connectivity index (χ2n) is 7.67. The molecule has 5 saturated carbocycles. The number of hydrogen-bond donors (Lipinski definition) is 2. The molecular formula is C15H25NO. The van der Waals surface area contributed by atoms with Gasteiger partial charge in [0.2, 0.25) is 0 Å². The average Bonchev–Trinajstić information content (AvgIpc) is 3.09. The SMILES string of the molecule is NC(CO)(C1CC1)C12CC3CC(CC(C3)C1)C2. The lowest BCUT2D eigenvalue weighted by molar-refractivity contribution is -0.116. The van der Waals surface area contributed by atoms with Crippen LogP contribution < -0.4 is 5.73 Å². The van der Waals surface area contributed by atoms with Crippen molar-refractivity contribution in [1.82, 2.24) is 0 Å². The van der Waals surface area contributed by atoms with Crippen LogP contribution in [0, 0.1) is 29.1 Å². The molecule has 4 bridgehead atoms. The molecule has 0 heterocycles. The maximum atomic E-state index is 9.93. The van der Waals surface area contributed by atoms with E-state index in [4.69, 9.17) is 5.73 Å². The molecule has 0 aromatic carbocycles. The van der Waals surface area contributed by atoms with Crippen molar-refractivity contribution in [2.45, 2.75) is 56.9 Å². The Bertz CT molecular complexity index is 301. The monoisotopic (exact) mass is 235 g/mol. The van der Waals surface area contributed by atoms with Gasteiger partial charge in [-0.1, -0.05) is 0 Å². The lowest BCUT2D eigenvalue weighted by atomic mass is 9.44. The summed E-state index contributed by atoms with van der Waals surface area (Å²) in [5.41, 5.74) is 6.84. The highest BCUT2D eigenvalue weighted by Crippen LogP contribution is 2.66. The topological polar surface area (TPSA) is 46.2 Å². The lowest BCUT2D eigenvalue weighted by Gasteiger charge is -2.63. The first-order valence-electron chi connectivity index (χ1n) is 7.55. The Morgan fingerprint density at radius 3 is 1.82 bits per heavy atom. The first-order valence-corrected chi connectivity index (χ1v) is 7.55. The molecule has 5 aliphatic carbocycles. The molecule has 0 aromatic rings. The second kappa shape index (κ2) is 3.27. The predicted molar refractivity (Wildman–Crippen MR) is 67.3 cm³/mol. The van der Waals surface area contributed by atoms with Crippen LogP contribution in [0.25, 0.3) is 0 Å². The summed E-state index contributed by atoms with van der Waals surface area (Å²) in [4.78, 5) is 0. The Morgan fingerprint density at radius 2 is 1.47 bits per heavy atom. The fraction of sp³-hybridized carbons (Fsp3) is 1.00. The molecule has 17 heavy (non-hydrogen) atoms. The van der Waals surface area contributed by atoms with Gasteiger partial charge in [-0.3, -0.25) is 0 Å². The average molecular weight is 235 g/mol. The van der Waals surface area contributed by atoms with Crippen LogP contribution >= 0.6 is 0 Å². The van der Waals surface area contributed by atoms with E-state index in [1.54, 1.807) is 0 Å². The number of nitrogens with two attached hydrogens (primary N) is 1. The van der Waals surface area contributed by atoms with Crippen LogP contribution in [0.1, 0.15) is 51.4 Å². The van der Waals surface area contributed by atoms with Crippen LogP contribution in [0.4, 0.5) is 0 Å². The molecule has 2 nitrogen and oxygen atoms in total. The van der Waals surface area contributed by atoms with Crippen LogP contribution in [0.3, 0.4) is 0 Å². The van der Waals surface area contributed by atoms with Gasteiger partial charge in [0, 0.05) is 5.54 Å². The van der Waals surface area contributed by atoms with Gasteiger partial charge in [-0.05, 0) is 80.5 Å². The van der Waals surface area contributed by atoms with E-state index in [0.717, 1.165) is 17.8 Å². The zero-order chi connectivity index (χ0) is 11.7. The number of rotatable bonds is 3. The largest absolute Gasteiger partial charge is 0.394 e. The van der Waals surface area contributed by atoms with Crippen molar-refractivity contribution in [3.8, 4) is 0 Å². The van der Waals surface area contributed by atoms with Gasteiger partial charge >= 0.3 is 0 Å². The van der Waals surface area contributed by atoms with E-state index in [0.29, 0.717) is 11.3 Å². The van der Waals surface area contributed by atoms with Gasteiger partial charge in [-0.15, -0.1) is 0 Å². The van der Waals surface area contributed by atoms with Crippen molar-refractivity contribution in [3.05, 3.63) is 0 Å².